The lowest BCUT2D eigenvalue weighted by molar-refractivity contribution is 0.0957. The summed E-state index contributed by atoms with van der Waals surface area (Å²) in [5.41, 5.74) is 5.21. The Morgan fingerprint density at radius 3 is 2.03 bits per heavy atom. The summed E-state index contributed by atoms with van der Waals surface area (Å²) in [4.78, 5) is 13.0. The maximum Gasteiger partial charge on any atom is 0.271 e. The molecule has 1 amide bonds. The zero-order valence-electron chi connectivity index (χ0n) is 20.1. The molecule has 6 rings (SSSR count). The smallest absolute Gasteiger partial charge is 0.271 e. The van der Waals surface area contributed by atoms with Gasteiger partial charge in [0.2, 0.25) is 0 Å². The highest BCUT2D eigenvalue weighted by molar-refractivity contribution is 6.08. The fraction of sp³-hybridized carbons (Fsp3) is 0.0303. The van der Waals surface area contributed by atoms with E-state index in [1.54, 1.807) is 6.21 Å². The van der Waals surface area contributed by atoms with Crippen molar-refractivity contribution in [2.24, 2.45) is 5.10 Å². The number of amides is 1. The van der Waals surface area contributed by atoms with Crippen molar-refractivity contribution < 1.29 is 9.53 Å². The van der Waals surface area contributed by atoms with E-state index in [0.717, 1.165) is 32.7 Å². The van der Waals surface area contributed by atoms with Crippen LogP contribution in [0.5, 0.6) is 5.75 Å². The van der Waals surface area contributed by atoms with Gasteiger partial charge in [-0.2, -0.15) is 5.10 Å². The Hall–Kier alpha value is -4.96. The van der Waals surface area contributed by atoms with Crippen LogP contribution in [-0.2, 0) is 6.61 Å². The Balaban J connectivity index is 1.30. The summed E-state index contributed by atoms with van der Waals surface area (Å²) in [6, 6.07) is 40.1. The number of benzene rings is 6. The second kappa shape index (κ2) is 9.96. The van der Waals surface area contributed by atoms with Crippen LogP contribution in [0.1, 0.15) is 21.5 Å². The molecule has 6 aromatic rings. The molecule has 0 atom stereocenters. The fourth-order valence-corrected chi connectivity index (χ4v) is 4.75. The van der Waals surface area contributed by atoms with Gasteiger partial charge in [0.15, 0.2) is 0 Å². The van der Waals surface area contributed by atoms with Gasteiger partial charge in [0.05, 0.1) is 6.21 Å². The minimum absolute atomic E-state index is 0.258. The number of fused-ring (bicyclic) bond motifs is 3. The van der Waals surface area contributed by atoms with E-state index in [0.29, 0.717) is 17.9 Å². The summed E-state index contributed by atoms with van der Waals surface area (Å²) in [7, 11) is 0. The van der Waals surface area contributed by atoms with Gasteiger partial charge in [-0.05, 0) is 50.0 Å². The summed E-state index contributed by atoms with van der Waals surface area (Å²) in [5, 5.41) is 10.7. The first-order chi connectivity index (χ1) is 18.3. The molecule has 0 unspecified atom stereocenters. The molecular weight excluding hydrogens is 456 g/mol. The highest BCUT2D eigenvalue weighted by Crippen LogP contribution is 2.28. The molecule has 4 nitrogen and oxygen atoms in total. The number of ether oxygens (including phenoxy) is 1. The van der Waals surface area contributed by atoms with E-state index in [1.165, 1.54) is 10.8 Å². The van der Waals surface area contributed by atoms with E-state index < -0.39 is 0 Å². The highest BCUT2D eigenvalue weighted by atomic mass is 16.5. The van der Waals surface area contributed by atoms with Gasteiger partial charge >= 0.3 is 0 Å². The molecule has 0 aliphatic carbocycles. The molecule has 4 heteroatoms. The third-order valence-electron chi connectivity index (χ3n) is 6.59. The first-order valence-corrected chi connectivity index (χ1v) is 12.2. The monoisotopic (exact) mass is 480 g/mol. The van der Waals surface area contributed by atoms with Gasteiger partial charge in [-0.3, -0.25) is 4.79 Å². The van der Waals surface area contributed by atoms with Gasteiger partial charge in [-0.15, -0.1) is 0 Å². The van der Waals surface area contributed by atoms with Crippen LogP contribution < -0.4 is 10.2 Å². The zero-order valence-corrected chi connectivity index (χ0v) is 20.1. The van der Waals surface area contributed by atoms with E-state index in [-0.39, 0.29) is 5.91 Å². The molecule has 0 spiro atoms. The maximum atomic E-state index is 13.0. The first-order valence-electron chi connectivity index (χ1n) is 12.2. The third-order valence-corrected chi connectivity index (χ3v) is 6.59. The number of nitrogens with one attached hydrogen (secondary N) is 1. The molecule has 37 heavy (non-hydrogen) atoms. The standard InChI is InChI=1S/C33H24N2O2/c36-33(30-18-8-13-24-10-2-5-16-28(24)30)35-34-21-31-29-17-6-3-11-25(29)19-20-32(31)37-22-26-14-7-12-23-9-1-4-15-27(23)26/h1-21H,22H2,(H,35,36)/b34-21-. The normalized spacial score (nSPS) is 11.4. The number of rotatable bonds is 6. The summed E-state index contributed by atoms with van der Waals surface area (Å²) >= 11 is 0. The van der Waals surface area contributed by atoms with Crippen molar-refractivity contribution in [1.29, 1.82) is 0 Å². The molecule has 0 aromatic heterocycles. The zero-order chi connectivity index (χ0) is 25.0. The number of hydrogen-bond acceptors (Lipinski definition) is 3. The quantitative estimate of drug-likeness (QED) is 0.198. The number of hydrogen-bond donors (Lipinski definition) is 1. The van der Waals surface area contributed by atoms with E-state index in [1.807, 2.05) is 91.0 Å². The van der Waals surface area contributed by atoms with Crippen LogP contribution in [0.2, 0.25) is 0 Å². The molecular formula is C33H24N2O2. The van der Waals surface area contributed by atoms with Crippen molar-refractivity contribution in [3.05, 3.63) is 138 Å². The number of hydrazone groups is 1. The predicted molar refractivity (Wildman–Crippen MR) is 151 cm³/mol. The summed E-state index contributed by atoms with van der Waals surface area (Å²) in [6.07, 6.45) is 1.67. The Morgan fingerprint density at radius 2 is 1.24 bits per heavy atom. The lowest BCUT2D eigenvalue weighted by Crippen LogP contribution is -2.18. The molecule has 0 bridgehead atoms. The van der Waals surface area contributed by atoms with Gasteiger partial charge in [0, 0.05) is 11.1 Å². The fourth-order valence-electron chi connectivity index (χ4n) is 4.75. The highest BCUT2D eigenvalue weighted by Gasteiger charge is 2.11. The minimum Gasteiger partial charge on any atom is -0.488 e. The summed E-state index contributed by atoms with van der Waals surface area (Å²) in [5.74, 6) is 0.446. The third kappa shape index (κ3) is 4.53. The number of carbonyl (C=O) groups excluding carboxylic acids is 1. The second-order valence-electron chi connectivity index (χ2n) is 8.85. The molecule has 0 radical (unpaired) electrons. The van der Waals surface area contributed by atoms with Crippen LogP contribution in [0, 0.1) is 0 Å². The van der Waals surface area contributed by atoms with Gasteiger partial charge in [0.1, 0.15) is 12.4 Å². The molecule has 0 aliphatic rings. The van der Waals surface area contributed by atoms with Crippen molar-refractivity contribution in [2.45, 2.75) is 6.61 Å². The molecule has 178 valence electrons. The van der Waals surface area contributed by atoms with Gasteiger partial charge in [0.25, 0.3) is 5.91 Å². The van der Waals surface area contributed by atoms with Crippen LogP contribution in [0.25, 0.3) is 32.3 Å². The second-order valence-corrected chi connectivity index (χ2v) is 8.85. The van der Waals surface area contributed by atoms with Gasteiger partial charge in [-0.25, -0.2) is 5.43 Å². The molecule has 0 saturated heterocycles. The van der Waals surface area contributed by atoms with Crippen LogP contribution >= 0.6 is 0 Å². The van der Waals surface area contributed by atoms with Crippen molar-refractivity contribution >= 4 is 44.4 Å². The Kier molecular flexibility index (Phi) is 6.05. The number of nitrogens with zero attached hydrogens (tertiary/aromatic N) is 1. The Bertz CT molecular complexity index is 1780. The van der Waals surface area contributed by atoms with Crippen molar-refractivity contribution in [3.63, 3.8) is 0 Å². The van der Waals surface area contributed by atoms with Gasteiger partial charge in [-0.1, -0.05) is 109 Å². The van der Waals surface area contributed by atoms with Crippen molar-refractivity contribution in [3.8, 4) is 5.75 Å². The lowest BCUT2D eigenvalue weighted by atomic mass is 10.0. The Morgan fingerprint density at radius 1 is 0.649 bits per heavy atom. The van der Waals surface area contributed by atoms with E-state index in [2.05, 4.69) is 40.9 Å². The average Bonchev–Trinajstić information content (AvgIpc) is 2.96. The van der Waals surface area contributed by atoms with Crippen LogP contribution in [-0.4, -0.2) is 12.1 Å². The molecule has 0 aliphatic heterocycles. The summed E-state index contributed by atoms with van der Waals surface area (Å²) in [6.45, 7) is 0.420. The van der Waals surface area contributed by atoms with Gasteiger partial charge < -0.3 is 4.74 Å². The predicted octanol–water partition coefficient (Wildman–Crippen LogP) is 7.49. The largest absolute Gasteiger partial charge is 0.488 e. The van der Waals surface area contributed by atoms with Crippen molar-refractivity contribution in [1.82, 2.24) is 5.43 Å². The molecule has 0 fully saturated rings. The number of carbonyl (C=O) groups is 1. The molecule has 1 N–H and O–H groups in total. The molecule has 6 aromatic carbocycles. The summed E-state index contributed by atoms with van der Waals surface area (Å²) < 4.78 is 6.34. The SMILES string of the molecule is O=C(N/N=C\c1c(OCc2cccc3ccccc23)ccc2ccccc12)c1cccc2ccccc12. The van der Waals surface area contributed by atoms with E-state index >= 15 is 0 Å². The van der Waals surface area contributed by atoms with Crippen LogP contribution in [0.3, 0.4) is 0 Å². The van der Waals surface area contributed by atoms with E-state index in [9.17, 15) is 4.79 Å². The maximum absolute atomic E-state index is 13.0. The van der Waals surface area contributed by atoms with Crippen molar-refractivity contribution in [2.75, 3.05) is 0 Å². The average molecular weight is 481 g/mol. The molecule has 0 saturated carbocycles. The first kappa shape index (κ1) is 22.5. The van der Waals surface area contributed by atoms with Crippen LogP contribution in [0.4, 0.5) is 0 Å². The van der Waals surface area contributed by atoms with Crippen LogP contribution in [0.15, 0.2) is 126 Å². The minimum atomic E-state index is -0.258. The lowest BCUT2D eigenvalue weighted by Gasteiger charge is -2.13. The molecule has 0 heterocycles. The Labute approximate surface area is 214 Å². The van der Waals surface area contributed by atoms with E-state index in [4.69, 9.17) is 4.74 Å². The topological polar surface area (TPSA) is 50.7 Å².